The van der Waals surface area contributed by atoms with Gasteiger partial charge in [-0.2, -0.15) is 4.31 Å². The van der Waals surface area contributed by atoms with Gasteiger partial charge in [-0.3, -0.25) is 0 Å². The number of aryl methyl sites for hydroxylation is 1. The van der Waals surface area contributed by atoms with Crippen molar-refractivity contribution in [2.75, 3.05) is 31.1 Å². The number of para-hydroxylation sites is 1. The molecule has 0 spiro atoms. The number of benzene rings is 1. The fourth-order valence-corrected chi connectivity index (χ4v) is 4.18. The van der Waals surface area contributed by atoms with Crippen molar-refractivity contribution in [3.63, 3.8) is 0 Å². The Labute approximate surface area is 152 Å². The monoisotopic (exact) mass is 366 g/mol. The second-order valence-corrected chi connectivity index (χ2v) is 7.18. The zero-order chi connectivity index (χ0) is 18.9. The topological polar surface area (TPSA) is 58.4 Å². The molecule has 0 amide bonds. The summed E-state index contributed by atoms with van der Waals surface area (Å²) >= 11 is 0. The molecule has 6 nitrogen and oxygen atoms in total. The first kappa shape index (κ1) is 21.2. The van der Waals surface area contributed by atoms with Gasteiger partial charge in [0.2, 0.25) is 10.0 Å². The summed E-state index contributed by atoms with van der Waals surface area (Å²) in [5.41, 5.74) is 0.825. The Balaban J connectivity index is 0.000000326. The molecule has 25 heavy (non-hydrogen) atoms. The molecular formula is C18H30N4O2S. The number of sulfonamides is 1. The fourth-order valence-electron chi connectivity index (χ4n) is 2.53. The lowest BCUT2D eigenvalue weighted by Crippen LogP contribution is -2.34. The first-order valence-corrected chi connectivity index (χ1v) is 10.2. The van der Waals surface area contributed by atoms with E-state index in [-0.39, 0.29) is 0 Å². The molecule has 0 unspecified atom stereocenters. The van der Waals surface area contributed by atoms with E-state index in [0.29, 0.717) is 18.0 Å². The standard InChI is InChI=1S/C12H18N2O2S.C4H6N2.C2H6/c1-3-13-9-10-14(4-2)17(15,16)12-8-6-5-7-11(12)13;1-6-3-2-5-4-6;1-2/h5-8H,3-4,9-10H2,1-2H3;2-4H,1H3;1-2H3. The summed E-state index contributed by atoms with van der Waals surface area (Å²) < 4.78 is 28.3. The Hall–Kier alpha value is -1.86. The summed E-state index contributed by atoms with van der Waals surface area (Å²) in [7, 11) is -1.38. The number of imidazole rings is 1. The van der Waals surface area contributed by atoms with Crippen molar-refractivity contribution in [2.24, 2.45) is 7.05 Å². The number of hydrogen-bond donors (Lipinski definition) is 0. The van der Waals surface area contributed by atoms with Crippen molar-refractivity contribution >= 4 is 15.7 Å². The third kappa shape index (κ3) is 5.31. The van der Waals surface area contributed by atoms with E-state index in [1.165, 1.54) is 0 Å². The first-order valence-electron chi connectivity index (χ1n) is 8.76. The maximum absolute atomic E-state index is 12.4. The number of rotatable bonds is 2. The first-order chi connectivity index (χ1) is 12.0. The zero-order valence-electron chi connectivity index (χ0n) is 15.9. The van der Waals surface area contributed by atoms with Crippen molar-refractivity contribution in [2.45, 2.75) is 32.6 Å². The predicted octanol–water partition coefficient (Wildman–Crippen LogP) is 2.98. The van der Waals surface area contributed by atoms with Gasteiger partial charge in [-0.25, -0.2) is 13.4 Å². The number of nitrogens with zero attached hydrogens (tertiary/aromatic N) is 4. The molecule has 0 fully saturated rings. The summed E-state index contributed by atoms with van der Waals surface area (Å²) in [4.78, 5) is 6.33. The summed E-state index contributed by atoms with van der Waals surface area (Å²) in [6.45, 7) is 10.6. The number of anilines is 1. The van der Waals surface area contributed by atoms with Gasteiger partial charge in [0.15, 0.2) is 0 Å². The molecule has 0 saturated carbocycles. The van der Waals surface area contributed by atoms with E-state index in [0.717, 1.165) is 18.8 Å². The van der Waals surface area contributed by atoms with Crippen molar-refractivity contribution in [3.05, 3.63) is 43.0 Å². The molecule has 2 heterocycles. The second kappa shape index (κ2) is 10.2. The van der Waals surface area contributed by atoms with Gasteiger partial charge < -0.3 is 9.47 Å². The quantitative estimate of drug-likeness (QED) is 0.820. The lowest BCUT2D eigenvalue weighted by Gasteiger charge is -2.21. The molecule has 1 aromatic carbocycles. The van der Waals surface area contributed by atoms with Gasteiger partial charge in [0.25, 0.3) is 0 Å². The minimum atomic E-state index is -3.32. The number of hydrogen-bond acceptors (Lipinski definition) is 4. The van der Waals surface area contributed by atoms with Crippen LogP contribution in [0.1, 0.15) is 27.7 Å². The molecular weight excluding hydrogens is 336 g/mol. The highest BCUT2D eigenvalue weighted by molar-refractivity contribution is 7.89. The molecule has 1 aromatic heterocycles. The molecule has 0 bridgehead atoms. The van der Waals surface area contributed by atoms with Gasteiger partial charge >= 0.3 is 0 Å². The third-order valence-electron chi connectivity index (χ3n) is 3.81. The van der Waals surface area contributed by atoms with Crippen LogP contribution in [0.25, 0.3) is 0 Å². The van der Waals surface area contributed by atoms with Crippen LogP contribution in [0, 0.1) is 0 Å². The Morgan fingerprint density at radius 2 is 1.76 bits per heavy atom. The van der Waals surface area contributed by atoms with Crippen LogP contribution in [0.15, 0.2) is 47.9 Å². The average Bonchev–Trinajstić information content (AvgIpc) is 3.08. The number of fused-ring (bicyclic) bond motifs is 1. The highest BCUT2D eigenvalue weighted by atomic mass is 32.2. The van der Waals surface area contributed by atoms with Crippen molar-refractivity contribution in [3.8, 4) is 0 Å². The van der Waals surface area contributed by atoms with Crippen LogP contribution >= 0.6 is 0 Å². The molecule has 0 radical (unpaired) electrons. The van der Waals surface area contributed by atoms with E-state index in [1.807, 2.05) is 57.6 Å². The predicted molar refractivity (Wildman–Crippen MR) is 103 cm³/mol. The normalized spacial score (nSPS) is 15.8. The minimum absolute atomic E-state index is 0.432. The van der Waals surface area contributed by atoms with E-state index < -0.39 is 10.0 Å². The molecule has 0 N–H and O–H groups in total. The van der Waals surface area contributed by atoms with Crippen molar-refractivity contribution < 1.29 is 8.42 Å². The van der Waals surface area contributed by atoms with Crippen LogP contribution in [0.5, 0.6) is 0 Å². The molecule has 0 saturated heterocycles. The highest BCUT2D eigenvalue weighted by Gasteiger charge is 2.30. The van der Waals surface area contributed by atoms with Gasteiger partial charge in [-0.1, -0.05) is 32.9 Å². The van der Waals surface area contributed by atoms with Gasteiger partial charge in [-0.05, 0) is 19.1 Å². The van der Waals surface area contributed by atoms with Gasteiger partial charge in [0, 0.05) is 45.6 Å². The second-order valence-electron chi connectivity index (χ2n) is 5.27. The zero-order valence-corrected chi connectivity index (χ0v) is 16.7. The number of likely N-dealkylation sites (N-methyl/N-ethyl adjacent to an activating group) is 2. The molecule has 140 valence electrons. The summed E-state index contributed by atoms with van der Waals surface area (Å²) in [5, 5.41) is 0. The van der Waals surface area contributed by atoms with E-state index in [4.69, 9.17) is 0 Å². The maximum atomic E-state index is 12.4. The van der Waals surface area contributed by atoms with E-state index >= 15 is 0 Å². The lowest BCUT2D eigenvalue weighted by atomic mass is 10.3. The fraction of sp³-hybridized carbons (Fsp3) is 0.500. The Kier molecular flexibility index (Phi) is 8.65. The lowest BCUT2D eigenvalue weighted by molar-refractivity contribution is 0.437. The number of aromatic nitrogens is 2. The van der Waals surface area contributed by atoms with Crippen LogP contribution < -0.4 is 4.90 Å². The molecule has 0 aliphatic carbocycles. The average molecular weight is 367 g/mol. The van der Waals surface area contributed by atoms with Gasteiger partial charge in [0.1, 0.15) is 4.90 Å². The van der Waals surface area contributed by atoms with Crippen molar-refractivity contribution in [1.82, 2.24) is 13.9 Å². The highest BCUT2D eigenvalue weighted by Crippen LogP contribution is 2.30. The summed E-state index contributed by atoms with van der Waals surface area (Å²) in [5.74, 6) is 0. The molecule has 3 rings (SSSR count). The van der Waals surface area contributed by atoms with Gasteiger partial charge in [-0.15, -0.1) is 0 Å². The Morgan fingerprint density at radius 3 is 2.24 bits per heavy atom. The van der Waals surface area contributed by atoms with Crippen LogP contribution in [0.2, 0.25) is 0 Å². The molecule has 0 atom stereocenters. The van der Waals surface area contributed by atoms with E-state index in [9.17, 15) is 8.42 Å². The maximum Gasteiger partial charge on any atom is 0.245 e. The van der Waals surface area contributed by atoms with Gasteiger partial charge in [0.05, 0.1) is 12.0 Å². The molecule has 7 heteroatoms. The minimum Gasteiger partial charge on any atom is -0.369 e. The summed E-state index contributed by atoms with van der Waals surface area (Å²) in [6, 6.07) is 7.25. The van der Waals surface area contributed by atoms with Crippen LogP contribution in [-0.4, -0.2) is 48.5 Å². The smallest absolute Gasteiger partial charge is 0.245 e. The SMILES string of the molecule is CC.CCN1CCN(CC)S(=O)(=O)c2ccccc21.Cn1ccnc1. The Bertz CT molecular complexity index is 714. The van der Waals surface area contributed by atoms with Crippen molar-refractivity contribution in [1.29, 1.82) is 0 Å². The van der Waals surface area contributed by atoms with Crippen LogP contribution in [-0.2, 0) is 17.1 Å². The largest absolute Gasteiger partial charge is 0.369 e. The van der Waals surface area contributed by atoms with Crippen LogP contribution in [0.3, 0.4) is 0 Å². The molecule has 1 aliphatic rings. The van der Waals surface area contributed by atoms with E-state index in [1.54, 1.807) is 29.0 Å². The molecule has 2 aromatic rings. The third-order valence-corrected chi connectivity index (χ3v) is 5.84. The van der Waals surface area contributed by atoms with Crippen LogP contribution in [0.4, 0.5) is 5.69 Å². The molecule has 1 aliphatic heterocycles. The van der Waals surface area contributed by atoms with E-state index in [2.05, 4.69) is 9.88 Å². The Morgan fingerprint density at radius 1 is 1.08 bits per heavy atom. The summed E-state index contributed by atoms with van der Waals surface area (Å²) in [6.07, 6.45) is 5.39.